The Kier molecular flexibility index (Phi) is 3.48. The summed E-state index contributed by atoms with van der Waals surface area (Å²) in [5, 5.41) is 8.30. The molecule has 6 heteroatoms. The van der Waals surface area contributed by atoms with Crippen molar-refractivity contribution in [3.05, 3.63) is 47.0 Å². The summed E-state index contributed by atoms with van der Waals surface area (Å²) in [5.74, 6) is 0.964. The predicted molar refractivity (Wildman–Crippen MR) is 70.1 cm³/mol. The lowest BCUT2D eigenvalue weighted by molar-refractivity contribution is 0.384. The normalized spacial score (nSPS) is 18.1. The molecule has 0 aliphatic carbocycles. The van der Waals surface area contributed by atoms with Crippen LogP contribution in [0.1, 0.15) is 23.6 Å². The second-order valence-corrected chi connectivity index (χ2v) is 5.19. The van der Waals surface area contributed by atoms with E-state index in [0.29, 0.717) is 24.4 Å². The molecule has 3 rings (SSSR count). The van der Waals surface area contributed by atoms with Gasteiger partial charge in [-0.05, 0) is 30.5 Å². The number of aromatic nitrogens is 3. The molecule has 1 aromatic heterocycles. The second kappa shape index (κ2) is 5.28. The lowest BCUT2D eigenvalue weighted by atomic mass is 9.98. The second-order valence-electron chi connectivity index (χ2n) is 5.19. The molecule has 2 N–H and O–H groups in total. The van der Waals surface area contributed by atoms with Gasteiger partial charge in [0, 0.05) is 25.5 Å². The number of hydrogen-bond donors (Lipinski definition) is 1. The van der Waals surface area contributed by atoms with Crippen molar-refractivity contribution < 1.29 is 8.78 Å². The molecule has 1 unspecified atom stereocenters. The number of benzene rings is 1. The molecule has 0 radical (unpaired) electrons. The van der Waals surface area contributed by atoms with Crippen LogP contribution in [-0.4, -0.2) is 21.3 Å². The van der Waals surface area contributed by atoms with Gasteiger partial charge in [0.05, 0.1) is 0 Å². The molecule has 0 amide bonds. The van der Waals surface area contributed by atoms with E-state index in [0.717, 1.165) is 37.1 Å². The minimum absolute atomic E-state index is 0.326. The maximum atomic E-state index is 13.7. The molecule has 106 valence electrons. The van der Waals surface area contributed by atoms with Crippen molar-refractivity contribution in [2.45, 2.75) is 25.8 Å². The van der Waals surface area contributed by atoms with E-state index in [-0.39, 0.29) is 0 Å². The van der Waals surface area contributed by atoms with E-state index >= 15 is 0 Å². The van der Waals surface area contributed by atoms with Crippen molar-refractivity contribution >= 4 is 0 Å². The number of nitrogens with two attached hydrogens (primary N) is 1. The maximum absolute atomic E-state index is 13.7. The first-order valence-electron chi connectivity index (χ1n) is 6.72. The lowest BCUT2D eigenvalue weighted by Gasteiger charge is -2.22. The molecule has 2 heterocycles. The SMILES string of the molecule is NCC1CCn2c(Cc3ccc(F)cc3F)nnc2C1. The van der Waals surface area contributed by atoms with Crippen LogP contribution in [0.5, 0.6) is 0 Å². The fourth-order valence-electron chi connectivity index (χ4n) is 2.62. The van der Waals surface area contributed by atoms with E-state index in [1.165, 1.54) is 12.1 Å². The number of fused-ring (bicyclic) bond motifs is 1. The summed E-state index contributed by atoms with van der Waals surface area (Å²) in [5.41, 5.74) is 6.12. The summed E-state index contributed by atoms with van der Waals surface area (Å²) in [7, 11) is 0. The maximum Gasteiger partial charge on any atom is 0.137 e. The minimum atomic E-state index is -0.569. The van der Waals surface area contributed by atoms with E-state index in [4.69, 9.17) is 5.73 Å². The van der Waals surface area contributed by atoms with Crippen LogP contribution in [0.25, 0.3) is 0 Å². The van der Waals surface area contributed by atoms with Crippen LogP contribution in [0.15, 0.2) is 18.2 Å². The molecular weight excluding hydrogens is 262 g/mol. The van der Waals surface area contributed by atoms with Gasteiger partial charge in [-0.15, -0.1) is 10.2 Å². The topological polar surface area (TPSA) is 56.7 Å². The zero-order chi connectivity index (χ0) is 14.1. The van der Waals surface area contributed by atoms with Crippen LogP contribution in [0.2, 0.25) is 0 Å². The fourth-order valence-corrected chi connectivity index (χ4v) is 2.62. The van der Waals surface area contributed by atoms with Crippen molar-refractivity contribution in [2.75, 3.05) is 6.54 Å². The predicted octanol–water partition coefficient (Wildman–Crippen LogP) is 1.67. The molecule has 4 nitrogen and oxygen atoms in total. The van der Waals surface area contributed by atoms with Gasteiger partial charge in [0.15, 0.2) is 0 Å². The van der Waals surface area contributed by atoms with Gasteiger partial charge < -0.3 is 10.3 Å². The van der Waals surface area contributed by atoms with Crippen LogP contribution in [0.4, 0.5) is 8.78 Å². The van der Waals surface area contributed by atoms with E-state index < -0.39 is 11.6 Å². The molecule has 1 aromatic carbocycles. The Bertz CT molecular complexity index is 624. The van der Waals surface area contributed by atoms with Gasteiger partial charge in [-0.1, -0.05) is 6.07 Å². The van der Waals surface area contributed by atoms with Gasteiger partial charge in [0.1, 0.15) is 23.3 Å². The average Bonchev–Trinajstić information content (AvgIpc) is 2.84. The molecule has 0 saturated heterocycles. The molecule has 20 heavy (non-hydrogen) atoms. The number of halogens is 2. The Morgan fingerprint density at radius 2 is 2.15 bits per heavy atom. The third kappa shape index (κ3) is 2.43. The van der Waals surface area contributed by atoms with Crippen molar-refractivity contribution in [1.82, 2.24) is 14.8 Å². The van der Waals surface area contributed by atoms with Crippen LogP contribution in [0, 0.1) is 17.6 Å². The van der Waals surface area contributed by atoms with E-state index in [1.807, 2.05) is 4.57 Å². The third-order valence-corrected chi connectivity index (χ3v) is 3.83. The quantitative estimate of drug-likeness (QED) is 0.929. The van der Waals surface area contributed by atoms with Gasteiger partial charge in [-0.2, -0.15) is 0 Å². The largest absolute Gasteiger partial charge is 0.330 e. The summed E-state index contributed by atoms with van der Waals surface area (Å²) in [6.45, 7) is 1.46. The summed E-state index contributed by atoms with van der Waals surface area (Å²) >= 11 is 0. The molecule has 0 saturated carbocycles. The molecule has 1 atom stereocenters. The Morgan fingerprint density at radius 3 is 2.90 bits per heavy atom. The molecule has 1 aliphatic rings. The summed E-state index contributed by atoms with van der Waals surface area (Å²) in [6, 6.07) is 3.61. The van der Waals surface area contributed by atoms with Gasteiger partial charge >= 0.3 is 0 Å². The fraction of sp³-hybridized carbons (Fsp3) is 0.429. The van der Waals surface area contributed by atoms with Crippen molar-refractivity contribution in [1.29, 1.82) is 0 Å². The summed E-state index contributed by atoms with van der Waals surface area (Å²) in [6.07, 6.45) is 2.13. The lowest BCUT2D eigenvalue weighted by Crippen LogP contribution is -2.26. The minimum Gasteiger partial charge on any atom is -0.330 e. The van der Waals surface area contributed by atoms with Crippen molar-refractivity contribution in [3.63, 3.8) is 0 Å². The van der Waals surface area contributed by atoms with E-state index in [1.54, 1.807) is 0 Å². The van der Waals surface area contributed by atoms with Crippen LogP contribution in [-0.2, 0) is 19.4 Å². The average molecular weight is 278 g/mol. The zero-order valence-corrected chi connectivity index (χ0v) is 11.0. The smallest absolute Gasteiger partial charge is 0.137 e. The van der Waals surface area contributed by atoms with E-state index in [2.05, 4.69) is 10.2 Å². The number of hydrogen-bond acceptors (Lipinski definition) is 3. The van der Waals surface area contributed by atoms with Gasteiger partial charge in [0.2, 0.25) is 0 Å². The molecule has 0 spiro atoms. The van der Waals surface area contributed by atoms with Crippen LogP contribution < -0.4 is 5.73 Å². The van der Waals surface area contributed by atoms with Gasteiger partial charge in [-0.25, -0.2) is 8.78 Å². The molecule has 1 aliphatic heterocycles. The Hall–Kier alpha value is -1.82. The Morgan fingerprint density at radius 1 is 1.30 bits per heavy atom. The number of rotatable bonds is 3. The summed E-state index contributed by atoms with van der Waals surface area (Å²) in [4.78, 5) is 0. The zero-order valence-electron chi connectivity index (χ0n) is 11.0. The number of nitrogens with zero attached hydrogens (tertiary/aromatic N) is 3. The Balaban J connectivity index is 1.84. The highest BCUT2D eigenvalue weighted by molar-refractivity contribution is 5.22. The first-order chi connectivity index (χ1) is 9.67. The summed E-state index contributed by atoms with van der Waals surface area (Å²) < 4.78 is 28.6. The third-order valence-electron chi connectivity index (χ3n) is 3.83. The first kappa shape index (κ1) is 13.2. The first-order valence-corrected chi connectivity index (χ1v) is 6.72. The standard InChI is InChI=1S/C14H16F2N4/c15-11-2-1-10(12(16)7-11)6-14-19-18-13-5-9(8-17)3-4-20(13)14/h1-2,7,9H,3-6,8,17H2. The van der Waals surface area contributed by atoms with Crippen LogP contribution >= 0.6 is 0 Å². The van der Waals surface area contributed by atoms with Crippen molar-refractivity contribution in [3.8, 4) is 0 Å². The highest BCUT2D eigenvalue weighted by Crippen LogP contribution is 2.21. The molecule has 0 fully saturated rings. The molecule has 0 bridgehead atoms. The van der Waals surface area contributed by atoms with Crippen LogP contribution in [0.3, 0.4) is 0 Å². The van der Waals surface area contributed by atoms with E-state index in [9.17, 15) is 8.78 Å². The van der Waals surface area contributed by atoms with Crippen molar-refractivity contribution in [2.24, 2.45) is 11.7 Å². The van der Waals surface area contributed by atoms with Gasteiger partial charge in [-0.3, -0.25) is 0 Å². The molecular formula is C14H16F2N4. The molecule has 2 aromatic rings. The monoisotopic (exact) mass is 278 g/mol. The highest BCUT2D eigenvalue weighted by atomic mass is 19.1. The Labute approximate surface area is 115 Å². The highest BCUT2D eigenvalue weighted by Gasteiger charge is 2.22. The van der Waals surface area contributed by atoms with Gasteiger partial charge in [0.25, 0.3) is 0 Å².